The Labute approximate surface area is 66.8 Å². The zero-order valence-electron chi connectivity index (χ0n) is 6.84. The fourth-order valence-electron chi connectivity index (χ4n) is 0.759. The minimum absolute atomic E-state index is 0.241. The summed E-state index contributed by atoms with van der Waals surface area (Å²) in [6.45, 7) is 2.97. The average Bonchev–Trinajstić information content (AvgIpc) is 1.97. The lowest BCUT2D eigenvalue weighted by Crippen LogP contribution is -2.24. The molecule has 11 heavy (non-hydrogen) atoms. The maximum absolute atomic E-state index is 10.3. The molecule has 0 aromatic carbocycles. The van der Waals surface area contributed by atoms with Crippen molar-refractivity contribution in [2.24, 2.45) is 11.7 Å². The lowest BCUT2D eigenvalue weighted by molar-refractivity contribution is -0.141. The van der Waals surface area contributed by atoms with Crippen LogP contribution in [0.1, 0.15) is 19.8 Å². The van der Waals surface area contributed by atoms with Crippen molar-refractivity contribution in [3.8, 4) is 0 Å². The predicted octanol–water partition coefficient (Wildman–Crippen LogP) is -0.00690. The number of rotatable bonds is 6. The van der Waals surface area contributed by atoms with Crippen molar-refractivity contribution >= 4 is 5.97 Å². The molecule has 0 saturated carbocycles. The van der Waals surface area contributed by atoms with Gasteiger partial charge in [-0.25, -0.2) is 0 Å². The maximum Gasteiger partial charge on any atom is 0.306 e. The second kappa shape index (κ2) is 6.12. The Bertz CT molecular complexity index is 117. The van der Waals surface area contributed by atoms with Crippen LogP contribution in [0.15, 0.2) is 0 Å². The van der Waals surface area contributed by atoms with E-state index in [4.69, 9.17) is 10.8 Å². The van der Waals surface area contributed by atoms with Gasteiger partial charge in [0.25, 0.3) is 0 Å². The topological polar surface area (TPSA) is 75.3 Å². The largest absolute Gasteiger partial charge is 0.481 e. The van der Waals surface area contributed by atoms with Crippen LogP contribution in [-0.2, 0) is 4.79 Å². The second-order valence-electron chi connectivity index (χ2n) is 2.59. The predicted molar refractivity (Wildman–Crippen MR) is 43.1 cm³/mol. The highest BCUT2D eigenvalue weighted by Crippen LogP contribution is 2.03. The number of hydrogen-bond donors (Lipinski definition) is 3. The van der Waals surface area contributed by atoms with E-state index in [1.807, 2.05) is 0 Å². The molecule has 1 unspecified atom stereocenters. The smallest absolute Gasteiger partial charge is 0.306 e. The van der Waals surface area contributed by atoms with Crippen LogP contribution in [0.3, 0.4) is 0 Å². The van der Waals surface area contributed by atoms with E-state index in [0.717, 1.165) is 13.0 Å². The highest BCUT2D eigenvalue weighted by atomic mass is 16.4. The first kappa shape index (κ1) is 10.4. The van der Waals surface area contributed by atoms with Gasteiger partial charge in [-0.2, -0.15) is 0 Å². The molecule has 4 heteroatoms. The van der Waals surface area contributed by atoms with Crippen LogP contribution in [0.5, 0.6) is 0 Å². The molecule has 0 aliphatic rings. The van der Waals surface area contributed by atoms with E-state index in [1.54, 1.807) is 6.92 Å². The molecule has 0 spiro atoms. The highest BCUT2D eigenvalue weighted by Gasteiger charge is 2.08. The molecule has 0 fully saturated rings. The van der Waals surface area contributed by atoms with Crippen LogP contribution >= 0.6 is 0 Å². The minimum atomic E-state index is -0.724. The SMILES string of the molecule is CC(CCCNCN)C(=O)O. The monoisotopic (exact) mass is 160 g/mol. The fourth-order valence-corrected chi connectivity index (χ4v) is 0.759. The summed E-state index contributed by atoms with van der Waals surface area (Å²) in [4.78, 5) is 10.3. The van der Waals surface area contributed by atoms with Gasteiger partial charge in [0, 0.05) is 6.67 Å². The first-order valence-corrected chi connectivity index (χ1v) is 3.82. The molecule has 0 aliphatic heterocycles. The van der Waals surface area contributed by atoms with Crippen molar-refractivity contribution in [1.82, 2.24) is 5.32 Å². The minimum Gasteiger partial charge on any atom is -0.481 e. The van der Waals surface area contributed by atoms with Gasteiger partial charge in [-0.1, -0.05) is 6.92 Å². The molecule has 0 bridgehead atoms. The van der Waals surface area contributed by atoms with Crippen LogP contribution in [-0.4, -0.2) is 24.3 Å². The molecule has 0 aromatic rings. The number of nitrogens with one attached hydrogen (secondary N) is 1. The van der Waals surface area contributed by atoms with Crippen LogP contribution in [0.4, 0.5) is 0 Å². The summed E-state index contributed by atoms with van der Waals surface area (Å²) in [6.07, 6.45) is 1.58. The maximum atomic E-state index is 10.3. The molecular formula is C7H16N2O2. The lowest BCUT2D eigenvalue weighted by Gasteiger charge is -2.05. The van der Waals surface area contributed by atoms with Crippen LogP contribution in [0.2, 0.25) is 0 Å². The fraction of sp³-hybridized carbons (Fsp3) is 0.857. The summed E-state index contributed by atoms with van der Waals surface area (Å²) in [5, 5.41) is 11.4. The highest BCUT2D eigenvalue weighted by molar-refractivity contribution is 5.69. The number of carboxylic acids is 1. The standard InChI is InChI=1S/C7H16N2O2/c1-6(7(10)11)3-2-4-9-5-8/h6,9H,2-5,8H2,1H3,(H,10,11). The zero-order chi connectivity index (χ0) is 8.69. The third-order valence-electron chi connectivity index (χ3n) is 1.56. The van der Waals surface area contributed by atoms with E-state index in [1.165, 1.54) is 0 Å². The molecule has 0 aliphatic carbocycles. The van der Waals surface area contributed by atoms with Crippen LogP contribution < -0.4 is 11.1 Å². The second-order valence-corrected chi connectivity index (χ2v) is 2.59. The Morgan fingerprint density at radius 1 is 1.73 bits per heavy atom. The number of carboxylic acid groups (broad SMARTS) is 1. The third kappa shape index (κ3) is 5.82. The van der Waals surface area contributed by atoms with Crippen molar-refractivity contribution in [1.29, 1.82) is 0 Å². The normalized spacial score (nSPS) is 12.9. The zero-order valence-corrected chi connectivity index (χ0v) is 6.84. The summed E-state index contributed by atoms with van der Waals surface area (Å²) in [5.41, 5.74) is 5.18. The summed E-state index contributed by atoms with van der Waals surface area (Å²) in [5.74, 6) is -0.965. The molecule has 0 rings (SSSR count). The first-order chi connectivity index (χ1) is 5.18. The molecule has 0 aromatic heterocycles. The van der Waals surface area contributed by atoms with Crippen molar-refractivity contribution in [2.45, 2.75) is 19.8 Å². The van der Waals surface area contributed by atoms with Gasteiger partial charge in [0.15, 0.2) is 0 Å². The van der Waals surface area contributed by atoms with E-state index < -0.39 is 5.97 Å². The Balaban J connectivity index is 3.17. The number of nitrogens with two attached hydrogens (primary N) is 1. The average molecular weight is 160 g/mol. The van der Waals surface area contributed by atoms with Gasteiger partial charge in [0.05, 0.1) is 5.92 Å². The van der Waals surface area contributed by atoms with Gasteiger partial charge in [-0.05, 0) is 19.4 Å². The molecule has 0 amide bonds. The molecule has 66 valence electrons. The van der Waals surface area contributed by atoms with Crippen LogP contribution in [0, 0.1) is 5.92 Å². The quantitative estimate of drug-likeness (QED) is 0.377. The molecule has 4 N–H and O–H groups in total. The third-order valence-corrected chi connectivity index (χ3v) is 1.56. The van der Waals surface area contributed by atoms with Gasteiger partial charge in [-0.15, -0.1) is 0 Å². The van der Waals surface area contributed by atoms with E-state index in [9.17, 15) is 4.79 Å². The van der Waals surface area contributed by atoms with E-state index >= 15 is 0 Å². The van der Waals surface area contributed by atoms with Crippen molar-refractivity contribution in [3.63, 3.8) is 0 Å². The Morgan fingerprint density at radius 3 is 2.82 bits per heavy atom. The summed E-state index contributed by atoms with van der Waals surface area (Å²) >= 11 is 0. The molecule has 4 nitrogen and oxygen atoms in total. The molecule has 0 heterocycles. The van der Waals surface area contributed by atoms with Crippen molar-refractivity contribution in [2.75, 3.05) is 13.2 Å². The van der Waals surface area contributed by atoms with Crippen molar-refractivity contribution < 1.29 is 9.90 Å². The summed E-state index contributed by atoms with van der Waals surface area (Å²) in [6, 6.07) is 0. The molecule has 1 atom stereocenters. The van der Waals surface area contributed by atoms with Gasteiger partial charge < -0.3 is 16.2 Å². The summed E-state index contributed by atoms with van der Waals surface area (Å²) in [7, 11) is 0. The Kier molecular flexibility index (Phi) is 5.78. The van der Waals surface area contributed by atoms with E-state index in [0.29, 0.717) is 13.1 Å². The Hall–Kier alpha value is -0.610. The Morgan fingerprint density at radius 2 is 2.36 bits per heavy atom. The van der Waals surface area contributed by atoms with Crippen molar-refractivity contribution in [3.05, 3.63) is 0 Å². The van der Waals surface area contributed by atoms with Gasteiger partial charge >= 0.3 is 5.97 Å². The molecule has 0 saturated heterocycles. The molecule has 0 radical (unpaired) electrons. The van der Waals surface area contributed by atoms with E-state index in [2.05, 4.69) is 5.32 Å². The lowest BCUT2D eigenvalue weighted by atomic mass is 10.1. The first-order valence-electron chi connectivity index (χ1n) is 3.82. The summed E-state index contributed by atoms with van der Waals surface area (Å²) < 4.78 is 0. The molecular weight excluding hydrogens is 144 g/mol. The van der Waals surface area contributed by atoms with Gasteiger partial charge in [-0.3, -0.25) is 4.79 Å². The van der Waals surface area contributed by atoms with Crippen LogP contribution in [0.25, 0.3) is 0 Å². The van der Waals surface area contributed by atoms with Gasteiger partial charge in [0.1, 0.15) is 0 Å². The number of hydrogen-bond acceptors (Lipinski definition) is 3. The van der Waals surface area contributed by atoms with Gasteiger partial charge in [0.2, 0.25) is 0 Å². The van der Waals surface area contributed by atoms with E-state index in [-0.39, 0.29) is 5.92 Å². The number of carbonyl (C=O) groups is 1. The number of aliphatic carboxylic acids is 1.